The second-order valence-electron chi connectivity index (χ2n) is 5.58. The highest BCUT2D eigenvalue weighted by Crippen LogP contribution is 2.25. The Hall–Kier alpha value is -2.21. The summed E-state index contributed by atoms with van der Waals surface area (Å²) in [6, 6.07) is 6.36. The Labute approximate surface area is 127 Å². The van der Waals surface area contributed by atoms with E-state index in [-0.39, 0.29) is 17.7 Å². The fourth-order valence-corrected chi connectivity index (χ4v) is 2.86. The monoisotopic (exact) mass is 303 g/mol. The van der Waals surface area contributed by atoms with Gasteiger partial charge in [0.2, 0.25) is 0 Å². The van der Waals surface area contributed by atoms with Gasteiger partial charge in [0.05, 0.1) is 17.7 Å². The zero-order chi connectivity index (χ0) is 15.5. The van der Waals surface area contributed by atoms with E-state index in [1.165, 1.54) is 25.0 Å². The number of rotatable bonds is 5. The van der Waals surface area contributed by atoms with Crippen molar-refractivity contribution in [1.82, 2.24) is 5.06 Å². The molecule has 2 amide bonds. The van der Waals surface area contributed by atoms with Gasteiger partial charge < -0.3 is 9.57 Å². The number of hydrogen-bond acceptors (Lipinski definition) is 5. The Kier molecular flexibility index (Phi) is 4.20. The number of nitrogens with zero attached hydrogens (tertiary/aromatic N) is 1. The first-order valence-electron chi connectivity index (χ1n) is 7.43. The summed E-state index contributed by atoms with van der Waals surface area (Å²) in [5.41, 5.74) is 0.486. The van der Waals surface area contributed by atoms with E-state index in [9.17, 15) is 14.4 Å². The molecule has 1 aliphatic heterocycles. The van der Waals surface area contributed by atoms with Gasteiger partial charge in [-0.3, -0.25) is 9.59 Å². The number of fused-ring (bicyclic) bond motifs is 1. The molecule has 22 heavy (non-hydrogen) atoms. The van der Waals surface area contributed by atoms with Gasteiger partial charge in [-0.25, -0.2) is 4.79 Å². The highest BCUT2D eigenvalue weighted by molar-refractivity contribution is 6.20. The Balaban J connectivity index is 1.52. The van der Waals surface area contributed by atoms with Crippen LogP contribution < -0.4 is 0 Å². The van der Waals surface area contributed by atoms with E-state index in [1.54, 1.807) is 12.1 Å². The van der Waals surface area contributed by atoms with Crippen LogP contribution in [0.4, 0.5) is 0 Å². The van der Waals surface area contributed by atoms with Gasteiger partial charge >= 0.3 is 5.97 Å². The molecular weight excluding hydrogens is 286 g/mol. The van der Waals surface area contributed by atoms with Gasteiger partial charge in [0.1, 0.15) is 6.61 Å². The molecule has 116 valence electrons. The molecule has 1 aromatic rings. The molecule has 0 unspecified atom stereocenters. The Morgan fingerprint density at radius 2 is 1.68 bits per heavy atom. The summed E-state index contributed by atoms with van der Waals surface area (Å²) in [7, 11) is 0. The summed E-state index contributed by atoms with van der Waals surface area (Å²) >= 11 is 0. The van der Waals surface area contributed by atoms with Crippen LogP contribution in [-0.4, -0.2) is 36.1 Å². The van der Waals surface area contributed by atoms with E-state index in [2.05, 4.69) is 0 Å². The van der Waals surface area contributed by atoms with E-state index in [4.69, 9.17) is 9.57 Å². The fraction of sp³-hybridized carbons (Fsp3) is 0.438. The minimum Gasteiger partial charge on any atom is -0.369 e. The summed E-state index contributed by atoms with van der Waals surface area (Å²) in [5, 5.41) is 0.506. The number of carbonyl (C=O) groups excluding carboxylic acids is 3. The third-order valence-corrected chi connectivity index (χ3v) is 4.00. The fourth-order valence-electron chi connectivity index (χ4n) is 2.86. The first-order valence-corrected chi connectivity index (χ1v) is 7.43. The first-order chi connectivity index (χ1) is 10.7. The summed E-state index contributed by atoms with van der Waals surface area (Å²) < 4.78 is 5.31. The third kappa shape index (κ3) is 2.87. The van der Waals surface area contributed by atoms with Crippen molar-refractivity contribution < 1.29 is 24.0 Å². The zero-order valence-corrected chi connectivity index (χ0v) is 12.1. The maximum Gasteiger partial charge on any atom is 0.358 e. The maximum absolute atomic E-state index is 12.0. The predicted octanol–water partition coefficient (Wildman–Crippen LogP) is 1.95. The normalized spacial score (nSPS) is 17.9. The Bertz CT molecular complexity index is 571. The molecule has 0 spiro atoms. The molecule has 1 saturated carbocycles. The van der Waals surface area contributed by atoms with E-state index in [1.807, 2.05) is 0 Å². The standard InChI is InChI=1S/C16H17NO5/c18-14(10-21-9-11-5-1-2-6-11)22-17-15(19)12-7-3-4-8-13(12)16(17)20/h3-4,7-8,11H,1-2,5-6,9-10H2. The quantitative estimate of drug-likeness (QED) is 0.777. The summed E-state index contributed by atoms with van der Waals surface area (Å²) in [6.45, 7) is 0.251. The molecule has 2 aliphatic rings. The van der Waals surface area contributed by atoms with E-state index >= 15 is 0 Å². The number of hydrogen-bond donors (Lipinski definition) is 0. The summed E-state index contributed by atoms with van der Waals surface area (Å²) in [5.74, 6) is -1.49. The third-order valence-electron chi connectivity index (χ3n) is 4.00. The van der Waals surface area contributed by atoms with Crippen LogP contribution >= 0.6 is 0 Å². The molecule has 0 radical (unpaired) electrons. The van der Waals surface area contributed by atoms with Crippen molar-refractivity contribution >= 4 is 17.8 Å². The topological polar surface area (TPSA) is 72.9 Å². The van der Waals surface area contributed by atoms with E-state index in [0.717, 1.165) is 12.8 Å². The van der Waals surface area contributed by atoms with Gasteiger partial charge in [0.15, 0.2) is 0 Å². The van der Waals surface area contributed by atoms with Crippen molar-refractivity contribution in [2.45, 2.75) is 25.7 Å². The Morgan fingerprint density at radius 3 is 2.27 bits per heavy atom. The van der Waals surface area contributed by atoms with Crippen LogP contribution in [0.5, 0.6) is 0 Å². The van der Waals surface area contributed by atoms with Gasteiger partial charge in [-0.1, -0.05) is 30.0 Å². The van der Waals surface area contributed by atoms with Crippen LogP contribution in [0, 0.1) is 5.92 Å². The number of benzene rings is 1. The molecule has 1 aliphatic carbocycles. The van der Waals surface area contributed by atoms with E-state index in [0.29, 0.717) is 17.6 Å². The average molecular weight is 303 g/mol. The second-order valence-corrected chi connectivity index (χ2v) is 5.58. The van der Waals surface area contributed by atoms with Crippen molar-refractivity contribution in [3.63, 3.8) is 0 Å². The van der Waals surface area contributed by atoms with Crippen LogP contribution in [0.25, 0.3) is 0 Å². The van der Waals surface area contributed by atoms with Crippen molar-refractivity contribution in [2.24, 2.45) is 5.92 Å². The largest absolute Gasteiger partial charge is 0.369 e. The number of ether oxygens (including phenoxy) is 1. The molecule has 1 heterocycles. The minimum absolute atomic E-state index is 0.243. The lowest BCUT2D eigenvalue weighted by Gasteiger charge is -2.13. The molecule has 0 atom stereocenters. The van der Waals surface area contributed by atoms with E-state index < -0.39 is 17.8 Å². The Morgan fingerprint density at radius 1 is 1.09 bits per heavy atom. The first kappa shape index (κ1) is 14.7. The summed E-state index contributed by atoms with van der Waals surface area (Å²) in [4.78, 5) is 40.6. The molecule has 0 bridgehead atoms. The number of amides is 2. The van der Waals surface area contributed by atoms with Gasteiger partial charge in [-0.2, -0.15) is 0 Å². The maximum atomic E-state index is 12.0. The lowest BCUT2D eigenvalue weighted by atomic mass is 10.1. The molecule has 1 aromatic carbocycles. The van der Waals surface area contributed by atoms with Crippen LogP contribution in [0.15, 0.2) is 24.3 Å². The number of hydroxylamine groups is 2. The SMILES string of the molecule is O=C(COCC1CCCC1)ON1C(=O)c2ccccc2C1=O. The molecule has 3 rings (SSSR count). The van der Waals surface area contributed by atoms with Crippen molar-refractivity contribution in [2.75, 3.05) is 13.2 Å². The van der Waals surface area contributed by atoms with Crippen LogP contribution in [-0.2, 0) is 14.4 Å². The molecular formula is C16H17NO5. The smallest absolute Gasteiger partial charge is 0.358 e. The van der Waals surface area contributed by atoms with Gasteiger partial charge in [0.25, 0.3) is 11.8 Å². The summed E-state index contributed by atoms with van der Waals surface area (Å²) in [6.07, 6.45) is 4.64. The van der Waals surface area contributed by atoms with Crippen molar-refractivity contribution in [3.8, 4) is 0 Å². The minimum atomic E-state index is -0.743. The number of imide groups is 1. The highest BCUT2D eigenvalue weighted by atomic mass is 16.7. The second kappa shape index (κ2) is 6.27. The molecule has 0 saturated heterocycles. The molecule has 6 heteroatoms. The molecule has 0 aromatic heterocycles. The lowest BCUT2D eigenvalue weighted by Crippen LogP contribution is -2.34. The number of carbonyl (C=O) groups is 3. The average Bonchev–Trinajstić information content (AvgIpc) is 3.11. The predicted molar refractivity (Wildman–Crippen MR) is 75.8 cm³/mol. The van der Waals surface area contributed by atoms with Crippen molar-refractivity contribution in [1.29, 1.82) is 0 Å². The molecule has 1 fully saturated rings. The van der Waals surface area contributed by atoms with Crippen LogP contribution in [0.2, 0.25) is 0 Å². The van der Waals surface area contributed by atoms with Gasteiger partial charge in [-0.15, -0.1) is 0 Å². The lowest BCUT2D eigenvalue weighted by molar-refractivity contribution is -0.174. The molecule has 0 N–H and O–H groups in total. The molecule has 6 nitrogen and oxygen atoms in total. The van der Waals surface area contributed by atoms with Crippen LogP contribution in [0.3, 0.4) is 0 Å². The zero-order valence-electron chi connectivity index (χ0n) is 12.1. The van der Waals surface area contributed by atoms with Gasteiger partial charge in [-0.05, 0) is 30.9 Å². The highest BCUT2D eigenvalue weighted by Gasteiger charge is 2.38. The van der Waals surface area contributed by atoms with Crippen molar-refractivity contribution in [3.05, 3.63) is 35.4 Å². The van der Waals surface area contributed by atoms with Gasteiger partial charge in [0, 0.05) is 0 Å². The van der Waals surface area contributed by atoms with Crippen LogP contribution in [0.1, 0.15) is 46.4 Å².